The first-order valence-corrected chi connectivity index (χ1v) is 13.0. The molecule has 0 aliphatic rings. The highest BCUT2D eigenvalue weighted by Crippen LogP contribution is 2.28. The number of carbonyl (C=O) groups is 4. The average Bonchev–Trinajstić information content (AvgIpc) is 2.96. The van der Waals surface area contributed by atoms with Gasteiger partial charge in [-0.15, -0.1) is 0 Å². The highest BCUT2D eigenvalue weighted by Gasteiger charge is 2.12. The van der Waals surface area contributed by atoms with E-state index in [1.807, 2.05) is 0 Å². The third kappa shape index (κ3) is 7.09. The third-order valence-electron chi connectivity index (χ3n) is 6.88. The normalized spacial score (nSPS) is 10.4. The number of aryl methyl sites for hydroxylation is 4. The maximum atomic E-state index is 10.9. The molecule has 0 aliphatic carbocycles. The van der Waals surface area contributed by atoms with Crippen molar-refractivity contribution in [3.8, 4) is 23.0 Å². The van der Waals surface area contributed by atoms with E-state index in [-0.39, 0.29) is 45.3 Å². The molecule has 4 aromatic rings. The maximum Gasteiger partial charge on any atom is 0.153 e. The summed E-state index contributed by atoms with van der Waals surface area (Å²) in [6.07, 6.45) is 3.47. The number of phenolic OH excluding ortho intramolecular Hbond substituents is 4. The lowest BCUT2D eigenvalue weighted by Crippen LogP contribution is -1.96. The van der Waals surface area contributed by atoms with Crippen LogP contribution in [-0.4, -0.2) is 45.6 Å². The molecule has 4 N–H and O–H groups in total. The van der Waals surface area contributed by atoms with Gasteiger partial charge in [0.15, 0.2) is 25.1 Å². The van der Waals surface area contributed by atoms with Crippen LogP contribution in [0.5, 0.6) is 23.0 Å². The quantitative estimate of drug-likeness (QED) is 0.193. The second-order valence-corrected chi connectivity index (χ2v) is 10.2. The number of rotatable bonds is 8. The zero-order valence-electron chi connectivity index (χ0n) is 23.8. The molecule has 0 heterocycles. The fourth-order valence-corrected chi connectivity index (χ4v) is 4.77. The van der Waals surface area contributed by atoms with E-state index in [2.05, 4.69) is 0 Å². The SMILES string of the molecule is Cc1cc(Cc2cc(C)c(O)c(C=O)c2)cc(C=O)c1O.Cc1cc(Cc2cc(C)c(O)c(C=O)c2)cc(C=O)c1O. The Bertz CT molecular complexity index is 1440. The van der Waals surface area contributed by atoms with E-state index < -0.39 is 0 Å². The summed E-state index contributed by atoms with van der Waals surface area (Å²) >= 11 is 0. The maximum absolute atomic E-state index is 10.9. The van der Waals surface area contributed by atoms with Crippen LogP contribution in [0.3, 0.4) is 0 Å². The third-order valence-corrected chi connectivity index (χ3v) is 6.88. The minimum atomic E-state index is -0.00998. The molecule has 8 heteroatoms. The number of hydrogen-bond donors (Lipinski definition) is 4. The molecule has 0 saturated carbocycles. The predicted octanol–water partition coefficient (Wildman–Crippen LogP) is 5.86. The van der Waals surface area contributed by atoms with E-state index in [4.69, 9.17) is 0 Å². The molecule has 42 heavy (non-hydrogen) atoms. The molecule has 0 bridgehead atoms. The van der Waals surface area contributed by atoms with Gasteiger partial charge in [0.25, 0.3) is 0 Å². The summed E-state index contributed by atoms with van der Waals surface area (Å²) in [6.45, 7) is 6.91. The molecular formula is C34H32O8. The lowest BCUT2D eigenvalue weighted by molar-refractivity contribution is 0.111. The van der Waals surface area contributed by atoms with Crippen molar-refractivity contribution < 1.29 is 39.6 Å². The summed E-state index contributed by atoms with van der Waals surface area (Å²) in [7, 11) is 0. The number of phenols is 4. The minimum Gasteiger partial charge on any atom is -0.507 e. The number of aromatic hydroxyl groups is 4. The molecule has 216 valence electrons. The first kappa shape index (κ1) is 31.3. The Kier molecular flexibility index (Phi) is 9.99. The number of benzene rings is 4. The van der Waals surface area contributed by atoms with Gasteiger partial charge in [-0.25, -0.2) is 0 Å². The topological polar surface area (TPSA) is 149 Å². The Hall–Kier alpha value is -5.24. The van der Waals surface area contributed by atoms with Crippen LogP contribution in [0, 0.1) is 27.7 Å². The molecule has 0 aliphatic heterocycles. The zero-order valence-corrected chi connectivity index (χ0v) is 23.8. The van der Waals surface area contributed by atoms with Crippen LogP contribution >= 0.6 is 0 Å². The van der Waals surface area contributed by atoms with Gasteiger partial charge in [-0.2, -0.15) is 0 Å². The molecule has 0 unspecified atom stereocenters. The summed E-state index contributed by atoms with van der Waals surface area (Å²) in [4.78, 5) is 43.8. The van der Waals surface area contributed by atoms with E-state index in [9.17, 15) is 39.6 Å². The monoisotopic (exact) mass is 568 g/mol. The molecule has 0 aromatic heterocycles. The Morgan fingerprint density at radius 1 is 0.405 bits per heavy atom. The number of aldehydes is 4. The zero-order chi connectivity index (χ0) is 31.1. The molecule has 0 radical (unpaired) electrons. The summed E-state index contributed by atoms with van der Waals surface area (Å²) in [5.41, 5.74) is 6.91. The first-order valence-electron chi connectivity index (χ1n) is 13.0. The van der Waals surface area contributed by atoms with E-state index in [0.717, 1.165) is 22.3 Å². The fourth-order valence-electron chi connectivity index (χ4n) is 4.77. The Balaban J connectivity index is 0.000000230. The average molecular weight is 569 g/mol. The largest absolute Gasteiger partial charge is 0.507 e. The van der Waals surface area contributed by atoms with Gasteiger partial charge in [0.05, 0.1) is 22.3 Å². The number of carbonyl (C=O) groups excluding carboxylic acids is 4. The van der Waals surface area contributed by atoms with E-state index in [1.54, 1.807) is 76.2 Å². The van der Waals surface area contributed by atoms with Crippen LogP contribution in [0.15, 0.2) is 48.5 Å². The van der Waals surface area contributed by atoms with Gasteiger partial charge in [-0.1, -0.05) is 24.3 Å². The molecule has 4 aromatic carbocycles. The summed E-state index contributed by atoms with van der Waals surface area (Å²) in [5, 5.41) is 39.0. The fraction of sp³-hybridized carbons (Fsp3) is 0.176. The lowest BCUT2D eigenvalue weighted by atomic mass is 9.97. The minimum absolute atomic E-state index is 0.00998. The lowest BCUT2D eigenvalue weighted by Gasteiger charge is -2.10. The molecule has 0 saturated heterocycles. The van der Waals surface area contributed by atoms with Gasteiger partial charge in [0, 0.05) is 0 Å². The Morgan fingerprint density at radius 2 is 0.595 bits per heavy atom. The van der Waals surface area contributed by atoms with Crippen LogP contribution < -0.4 is 0 Å². The van der Waals surface area contributed by atoms with E-state index in [1.165, 1.54) is 0 Å². The van der Waals surface area contributed by atoms with Crippen LogP contribution in [0.4, 0.5) is 0 Å². The predicted molar refractivity (Wildman–Crippen MR) is 159 cm³/mol. The van der Waals surface area contributed by atoms with Crippen molar-refractivity contribution in [1.29, 1.82) is 0 Å². The highest BCUT2D eigenvalue weighted by atomic mass is 16.3. The summed E-state index contributed by atoms with van der Waals surface area (Å²) < 4.78 is 0. The van der Waals surface area contributed by atoms with Crippen molar-refractivity contribution in [2.45, 2.75) is 40.5 Å². The van der Waals surface area contributed by atoms with Crippen molar-refractivity contribution >= 4 is 25.1 Å². The first-order chi connectivity index (χ1) is 19.9. The molecular weight excluding hydrogens is 536 g/mol. The van der Waals surface area contributed by atoms with Crippen molar-refractivity contribution in [3.05, 3.63) is 115 Å². The second-order valence-electron chi connectivity index (χ2n) is 10.2. The van der Waals surface area contributed by atoms with Crippen LogP contribution in [0.2, 0.25) is 0 Å². The molecule has 0 fully saturated rings. The summed E-state index contributed by atoms with van der Waals surface area (Å²) in [6, 6.07) is 13.7. The van der Waals surface area contributed by atoms with Crippen molar-refractivity contribution in [2.24, 2.45) is 0 Å². The molecule has 0 amide bonds. The summed E-state index contributed by atoms with van der Waals surface area (Å²) in [5.74, 6) is -0.0399. The van der Waals surface area contributed by atoms with Crippen molar-refractivity contribution in [3.63, 3.8) is 0 Å². The van der Waals surface area contributed by atoms with Crippen molar-refractivity contribution in [1.82, 2.24) is 0 Å². The smallest absolute Gasteiger partial charge is 0.153 e. The molecule has 0 spiro atoms. The van der Waals surface area contributed by atoms with Gasteiger partial charge in [0.1, 0.15) is 23.0 Å². The van der Waals surface area contributed by atoms with E-state index in [0.29, 0.717) is 60.2 Å². The molecule has 0 atom stereocenters. The van der Waals surface area contributed by atoms with Crippen LogP contribution in [-0.2, 0) is 12.8 Å². The molecule has 4 rings (SSSR count). The highest BCUT2D eigenvalue weighted by molar-refractivity contribution is 5.82. The van der Waals surface area contributed by atoms with E-state index >= 15 is 0 Å². The van der Waals surface area contributed by atoms with Gasteiger partial charge in [-0.05, 0) is 109 Å². The standard InChI is InChI=1S/2C17H16O4/c2*1-10-3-12(6-14(8-18)16(10)20)5-13-4-11(2)17(21)15(7-13)9-19/h2*3-4,6-9,20-21H,5H2,1-2H3. The van der Waals surface area contributed by atoms with Gasteiger partial charge in [0.2, 0.25) is 0 Å². The molecule has 8 nitrogen and oxygen atoms in total. The van der Waals surface area contributed by atoms with Gasteiger partial charge >= 0.3 is 0 Å². The Morgan fingerprint density at radius 3 is 0.762 bits per heavy atom. The van der Waals surface area contributed by atoms with Crippen LogP contribution in [0.1, 0.15) is 85.9 Å². The second kappa shape index (κ2) is 13.4. The number of hydrogen-bond acceptors (Lipinski definition) is 8. The van der Waals surface area contributed by atoms with Gasteiger partial charge in [-0.3, -0.25) is 19.2 Å². The Labute approximate surface area is 243 Å². The van der Waals surface area contributed by atoms with Crippen LogP contribution in [0.25, 0.3) is 0 Å². The van der Waals surface area contributed by atoms with Gasteiger partial charge < -0.3 is 20.4 Å². The van der Waals surface area contributed by atoms with Crippen molar-refractivity contribution in [2.75, 3.05) is 0 Å².